The number of allylic oxidation sites excluding steroid dienone is 1. The molecule has 114 valence electrons. The molecule has 0 aliphatic heterocycles. The van der Waals surface area contributed by atoms with Crippen molar-refractivity contribution in [3.05, 3.63) is 82.5 Å². The molecule has 1 aromatic heterocycles. The molecule has 0 fully saturated rings. The van der Waals surface area contributed by atoms with E-state index in [0.29, 0.717) is 9.94 Å². The van der Waals surface area contributed by atoms with Gasteiger partial charge in [-0.05, 0) is 24.6 Å². The molecule has 5 nitrogen and oxygen atoms in total. The van der Waals surface area contributed by atoms with E-state index in [2.05, 4.69) is 0 Å². The van der Waals surface area contributed by atoms with Crippen LogP contribution in [0.5, 0.6) is 0 Å². The maximum Gasteiger partial charge on any atom is 0.332 e. The standard InChI is InChI=1S/C18H15N2O3/c1-13-18(17(21)12-11-14-7-3-2-4-8-14)20(23)16-10-6-5-9-15(16)19(13)22/h2-12,22H,1H3/q+1/b12-11-. The topological polar surface area (TPSA) is 65.2 Å². The maximum absolute atomic E-state index is 12.5. The summed E-state index contributed by atoms with van der Waals surface area (Å²) in [6, 6.07) is 15.9. The minimum atomic E-state index is -0.463. The number of nitrogens with zero attached hydrogens (tertiary/aromatic N) is 2. The lowest BCUT2D eigenvalue weighted by Crippen LogP contribution is -2.30. The molecule has 0 radical (unpaired) electrons. The van der Waals surface area contributed by atoms with Crippen molar-refractivity contribution in [1.29, 1.82) is 0 Å². The van der Waals surface area contributed by atoms with Gasteiger partial charge in [-0.2, -0.15) is 4.73 Å². The van der Waals surface area contributed by atoms with E-state index >= 15 is 0 Å². The summed E-state index contributed by atoms with van der Waals surface area (Å²) in [5.74, 6) is -0.463. The van der Waals surface area contributed by atoms with Crippen molar-refractivity contribution in [3.63, 3.8) is 0 Å². The van der Waals surface area contributed by atoms with Crippen molar-refractivity contribution < 1.29 is 14.4 Å². The van der Waals surface area contributed by atoms with Gasteiger partial charge in [-0.25, -0.2) is 0 Å². The van der Waals surface area contributed by atoms with Gasteiger partial charge < -0.3 is 5.21 Å². The third-order valence-corrected chi connectivity index (χ3v) is 3.65. The SMILES string of the molecule is Cc1c(C(=O)/C=C\c2ccccc2)[n+](=O)c2ccccc2n1O. The van der Waals surface area contributed by atoms with Crippen molar-refractivity contribution in [1.82, 2.24) is 4.73 Å². The second-order valence-corrected chi connectivity index (χ2v) is 5.14. The van der Waals surface area contributed by atoms with Crippen molar-refractivity contribution in [3.8, 4) is 0 Å². The smallest absolute Gasteiger partial charge is 0.332 e. The highest BCUT2D eigenvalue weighted by Gasteiger charge is 2.26. The van der Waals surface area contributed by atoms with Gasteiger partial charge in [-0.15, -0.1) is 0 Å². The Morgan fingerprint density at radius 2 is 1.74 bits per heavy atom. The van der Waals surface area contributed by atoms with Crippen LogP contribution in [0.3, 0.4) is 0 Å². The molecule has 0 saturated carbocycles. The molecule has 3 aromatic rings. The Balaban J connectivity index is 2.11. The van der Waals surface area contributed by atoms with Gasteiger partial charge in [0, 0.05) is 11.0 Å². The van der Waals surface area contributed by atoms with E-state index in [4.69, 9.17) is 0 Å². The number of para-hydroxylation sites is 2. The van der Waals surface area contributed by atoms with Gasteiger partial charge in [0.05, 0.1) is 4.43 Å². The van der Waals surface area contributed by atoms with Gasteiger partial charge in [-0.1, -0.05) is 48.5 Å². The summed E-state index contributed by atoms with van der Waals surface area (Å²) < 4.78 is 1.43. The first-order valence-electron chi connectivity index (χ1n) is 7.13. The molecule has 1 heterocycles. The van der Waals surface area contributed by atoms with Crippen molar-refractivity contribution >= 4 is 22.9 Å². The van der Waals surface area contributed by atoms with Crippen LogP contribution in [-0.2, 0) is 0 Å². The van der Waals surface area contributed by atoms with Gasteiger partial charge >= 0.3 is 5.69 Å². The van der Waals surface area contributed by atoms with Crippen LogP contribution in [-0.4, -0.2) is 15.7 Å². The van der Waals surface area contributed by atoms with E-state index in [0.717, 1.165) is 10.3 Å². The lowest BCUT2D eigenvalue weighted by Gasteiger charge is -2.04. The molecule has 0 aliphatic carbocycles. The van der Waals surface area contributed by atoms with Gasteiger partial charge in [0.1, 0.15) is 5.69 Å². The maximum atomic E-state index is 12.5. The molecule has 0 atom stereocenters. The van der Waals surface area contributed by atoms with Crippen LogP contribution in [0, 0.1) is 11.8 Å². The van der Waals surface area contributed by atoms with Crippen LogP contribution in [0.2, 0.25) is 0 Å². The first kappa shape index (κ1) is 14.7. The van der Waals surface area contributed by atoms with Gasteiger partial charge in [0.15, 0.2) is 5.52 Å². The molecule has 23 heavy (non-hydrogen) atoms. The van der Waals surface area contributed by atoms with Crippen LogP contribution >= 0.6 is 0 Å². The van der Waals surface area contributed by atoms with E-state index in [1.807, 2.05) is 30.3 Å². The van der Waals surface area contributed by atoms with Crippen LogP contribution in [0.15, 0.2) is 60.7 Å². The molecule has 0 amide bonds. The van der Waals surface area contributed by atoms with Crippen LogP contribution in [0.4, 0.5) is 0 Å². The fourth-order valence-electron chi connectivity index (χ4n) is 2.46. The van der Waals surface area contributed by atoms with Gasteiger partial charge in [-0.3, -0.25) is 4.79 Å². The van der Waals surface area contributed by atoms with Crippen LogP contribution in [0.25, 0.3) is 17.1 Å². The Hall–Kier alpha value is -3.21. The number of hydrogen-bond donors (Lipinski definition) is 1. The highest BCUT2D eigenvalue weighted by Crippen LogP contribution is 2.14. The molecule has 3 rings (SSSR count). The molecule has 2 aromatic carbocycles. The van der Waals surface area contributed by atoms with E-state index in [9.17, 15) is 14.9 Å². The fraction of sp³-hybridized carbons (Fsp3) is 0.0556. The molecule has 0 unspecified atom stereocenters. The van der Waals surface area contributed by atoms with Crippen LogP contribution < -0.4 is 4.43 Å². The average molecular weight is 307 g/mol. The van der Waals surface area contributed by atoms with Gasteiger partial charge in [0.2, 0.25) is 0 Å². The minimum absolute atomic E-state index is 0.0987. The van der Waals surface area contributed by atoms with Crippen LogP contribution in [0.1, 0.15) is 21.7 Å². The quantitative estimate of drug-likeness (QED) is 0.350. The van der Waals surface area contributed by atoms with E-state index in [1.54, 1.807) is 30.3 Å². The first-order chi connectivity index (χ1) is 11.1. The molecule has 0 spiro atoms. The third-order valence-electron chi connectivity index (χ3n) is 3.65. The molecule has 1 N–H and O–H groups in total. The number of carbonyl (C=O) groups is 1. The second kappa shape index (κ2) is 5.88. The Kier molecular flexibility index (Phi) is 3.76. The number of hydrogen-bond acceptors (Lipinski definition) is 3. The minimum Gasteiger partial charge on any atom is -0.428 e. The largest absolute Gasteiger partial charge is 0.428 e. The zero-order chi connectivity index (χ0) is 16.4. The average Bonchev–Trinajstić information content (AvgIpc) is 2.59. The lowest BCUT2D eigenvalue weighted by molar-refractivity contribution is -0.468. The third kappa shape index (κ3) is 2.64. The predicted octanol–water partition coefficient (Wildman–Crippen LogP) is 3.00. The van der Waals surface area contributed by atoms with Gasteiger partial charge in [0.25, 0.3) is 11.3 Å². The summed E-state index contributed by atoms with van der Waals surface area (Å²) in [6.07, 6.45) is 2.97. The number of ketones is 1. The van der Waals surface area contributed by atoms with Crippen molar-refractivity contribution in [2.24, 2.45) is 0 Å². The molecular formula is C18H15N2O3+. The normalized spacial score (nSPS) is 11.2. The first-order valence-corrected chi connectivity index (χ1v) is 7.13. The Morgan fingerprint density at radius 3 is 2.48 bits per heavy atom. The summed E-state index contributed by atoms with van der Waals surface area (Å²) in [7, 11) is 0. The molecular weight excluding hydrogens is 292 g/mol. The number of aromatic nitrogens is 2. The number of rotatable bonds is 3. The van der Waals surface area contributed by atoms with E-state index in [-0.39, 0.29) is 16.9 Å². The monoisotopic (exact) mass is 307 g/mol. The van der Waals surface area contributed by atoms with Crippen molar-refractivity contribution in [2.45, 2.75) is 6.92 Å². The molecule has 0 saturated heterocycles. The molecule has 5 heteroatoms. The second-order valence-electron chi connectivity index (χ2n) is 5.14. The predicted molar refractivity (Wildman–Crippen MR) is 87.0 cm³/mol. The highest BCUT2D eigenvalue weighted by atomic mass is 16.5. The zero-order valence-electron chi connectivity index (χ0n) is 12.5. The molecule has 0 bridgehead atoms. The summed E-state index contributed by atoms with van der Waals surface area (Å²) in [6.45, 7) is 1.53. The number of benzene rings is 2. The zero-order valence-corrected chi connectivity index (χ0v) is 12.5. The van der Waals surface area contributed by atoms with E-state index < -0.39 is 5.78 Å². The number of carbonyl (C=O) groups excluding carboxylic acids is 1. The lowest BCUT2D eigenvalue weighted by atomic mass is 10.1. The fourth-order valence-corrected chi connectivity index (χ4v) is 2.46. The highest BCUT2D eigenvalue weighted by molar-refractivity contribution is 6.05. The Labute approximate surface area is 132 Å². The summed E-state index contributed by atoms with van der Waals surface area (Å²) in [5.41, 5.74) is 1.54. The Bertz CT molecular complexity index is 973. The summed E-state index contributed by atoms with van der Waals surface area (Å²) in [5, 5.41) is 10.2. The van der Waals surface area contributed by atoms with Crippen molar-refractivity contribution in [2.75, 3.05) is 0 Å². The molecule has 0 aliphatic rings. The Morgan fingerprint density at radius 1 is 1.09 bits per heavy atom. The summed E-state index contributed by atoms with van der Waals surface area (Å²) in [4.78, 5) is 24.9. The van der Waals surface area contributed by atoms with E-state index in [1.165, 1.54) is 13.0 Å². The summed E-state index contributed by atoms with van der Waals surface area (Å²) >= 11 is 0. The number of fused-ring (bicyclic) bond motifs is 1.